The first kappa shape index (κ1) is 16.8. The third kappa shape index (κ3) is 5.31. The SMILES string of the molecule is COCc1ccccc1CNC1CC1NC(=O)OC(C)(C)C. The molecule has 2 rings (SSSR count). The third-order valence-electron chi connectivity index (χ3n) is 3.47. The zero-order chi connectivity index (χ0) is 16.2. The average Bonchev–Trinajstić information content (AvgIpc) is 3.14. The molecule has 0 heterocycles. The molecule has 0 saturated heterocycles. The lowest BCUT2D eigenvalue weighted by Gasteiger charge is -2.19. The Labute approximate surface area is 132 Å². The highest BCUT2D eigenvalue weighted by Crippen LogP contribution is 2.23. The van der Waals surface area contributed by atoms with Gasteiger partial charge in [-0.2, -0.15) is 0 Å². The van der Waals surface area contributed by atoms with Crippen LogP contribution in [0.15, 0.2) is 24.3 Å². The number of hydrogen-bond acceptors (Lipinski definition) is 4. The van der Waals surface area contributed by atoms with Crippen molar-refractivity contribution in [2.45, 2.75) is 58.0 Å². The van der Waals surface area contributed by atoms with Gasteiger partial charge in [0.05, 0.1) is 6.61 Å². The number of nitrogens with one attached hydrogen (secondary N) is 2. The molecule has 122 valence electrons. The molecule has 1 aliphatic carbocycles. The predicted molar refractivity (Wildman–Crippen MR) is 85.6 cm³/mol. The Hall–Kier alpha value is -1.59. The standard InChI is InChI=1S/C17H26N2O3/c1-17(2,3)22-16(20)19-15-9-14(15)18-10-12-7-5-6-8-13(12)11-21-4/h5-8,14-15,18H,9-11H2,1-4H3,(H,19,20). The molecule has 1 aromatic carbocycles. The van der Waals surface area contributed by atoms with Crippen LogP contribution < -0.4 is 10.6 Å². The van der Waals surface area contributed by atoms with Gasteiger partial charge in [-0.15, -0.1) is 0 Å². The summed E-state index contributed by atoms with van der Waals surface area (Å²) in [4.78, 5) is 11.7. The summed E-state index contributed by atoms with van der Waals surface area (Å²) in [6.07, 6.45) is 0.590. The van der Waals surface area contributed by atoms with E-state index in [1.807, 2.05) is 32.9 Å². The van der Waals surface area contributed by atoms with Gasteiger partial charge in [0, 0.05) is 25.7 Å². The second-order valence-electron chi connectivity index (χ2n) is 6.68. The van der Waals surface area contributed by atoms with Gasteiger partial charge in [-0.05, 0) is 38.3 Å². The molecule has 1 amide bonds. The first-order valence-electron chi connectivity index (χ1n) is 7.67. The number of carbonyl (C=O) groups excluding carboxylic acids is 1. The molecule has 0 radical (unpaired) electrons. The summed E-state index contributed by atoms with van der Waals surface area (Å²) in [7, 11) is 1.70. The zero-order valence-corrected chi connectivity index (χ0v) is 13.8. The highest BCUT2D eigenvalue weighted by atomic mass is 16.6. The highest BCUT2D eigenvalue weighted by molar-refractivity contribution is 5.68. The molecule has 2 N–H and O–H groups in total. The Morgan fingerprint density at radius 1 is 1.23 bits per heavy atom. The van der Waals surface area contributed by atoms with Gasteiger partial charge in [0.1, 0.15) is 5.60 Å². The molecule has 0 aromatic heterocycles. The minimum atomic E-state index is -0.457. The lowest BCUT2D eigenvalue weighted by atomic mass is 10.1. The zero-order valence-electron chi connectivity index (χ0n) is 13.8. The third-order valence-corrected chi connectivity index (χ3v) is 3.47. The molecule has 0 bridgehead atoms. The monoisotopic (exact) mass is 306 g/mol. The Bertz CT molecular complexity index is 511. The van der Waals surface area contributed by atoms with Gasteiger partial charge in [0.15, 0.2) is 0 Å². The van der Waals surface area contributed by atoms with E-state index in [9.17, 15) is 4.79 Å². The predicted octanol–water partition coefficient (Wildman–Crippen LogP) is 2.59. The van der Waals surface area contributed by atoms with Crippen LogP contribution in [0.5, 0.6) is 0 Å². The lowest BCUT2D eigenvalue weighted by molar-refractivity contribution is 0.0522. The minimum Gasteiger partial charge on any atom is -0.444 e. The lowest BCUT2D eigenvalue weighted by Crippen LogP contribution is -2.36. The number of methoxy groups -OCH3 is 1. The van der Waals surface area contributed by atoms with E-state index in [4.69, 9.17) is 9.47 Å². The van der Waals surface area contributed by atoms with Crippen LogP contribution in [-0.2, 0) is 22.6 Å². The summed E-state index contributed by atoms with van der Waals surface area (Å²) in [5.74, 6) is 0. The molecule has 0 aliphatic heterocycles. The quantitative estimate of drug-likeness (QED) is 0.848. The molecule has 22 heavy (non-hydrogen) atoms. The Balaban J connectivity index is 1.75. The van der Waals surface area contributed by atoms with E-state index >= 15 is 0 Å². The Morgan fingerprint density at radius 3 is 2.55 bits per heavy atom. The maximum atomic E-state index is 11.7. The van der Waals surface area contributed by atoms with E-state index in [2.05, 4.69) is 22.8 Å². The summed E-state index contributed by atoms with van der Waals surface area (Å²) in [5, 5.41) is 6.35. The van der Waals surface area contributed by atoms with Crippen LogP contribution in [0.4, 0.5) is 4.79 Å². The Morgan fingerprint density at radius 2 is 1.91 bits per heavy atom. The van der Waals surface area contributed by atoms with Gasteiger partial charge in [-0.1, -0.05) is 24.3 Å². The van der Waals surface area contributed by atoms with Crippen molar-refractivity contribution in [1.29, 1.82) is 0 Å². The van der Waals surface area contributed by atoms with Gasteiger partial charge >= 0.3 is 6.09 Å². The van der Waals surface area contributed by atoms with Crippen molar-refractivity contribution in [3.05, 3.63) is 35.4 Å². The van der Waals surface area contributed by atoms with Gasteiger partial charge in [0.25, 0.3) is 0 Å². The molecule has 5 heteroatoms. The molecule has 5 nitrogen and oxygen atoms in total. The Kier molecular flexibility index (Phi) is 5.42. The van der Waals surface area contributed by atoms with Crippen LogP contribution in [0.3, 0.4) is 0 Å². The fraction of sp³-hybridized carbons (Fsp3) is 0.588. The summed E-state index contributed by atoms with van der Waals surface area (Å²) in [6, 6.07) is 8.68. The summed E-state index contributed by atoms with van der Waals surface area (Å²) < 4.78 is 10.5. The van der Waals surface area contributed by atoms with E-state index in [-0.39, 0.29) is 12.1 Å². The van der Waals surface area contributed by atoms with Gasteiger partial charge in [-0.25, -0.2) is 4.79 Å². The van der Waals surface area contributed by atoms with Crippen molar-refractivity contribution in [2.24, 2.45) is 0 Å². The van der Waals surface area contributed by atoms with Crippen molar-refractivity contribution < 1.29 is 14.3 Å². The number of benzene rings is 1. The molecular weight excluding hydrogens is 280 g/mol. The second kappa shape index (κ2) is 7.11. The van der Waals surface area contributed by atoms with Crippen molar-refractivity contribution in [1.82, 2.24) is 10.6 Å². The number of carbonyl (C=O) groups is 1. The molecule has 0 spiro atoms. The number of alkyl carbamates (subject to hydrolysis) is 1. The van der Waals surface area contributed by atoms with E-state index in [1.54, 1.807) is 7.11 Å². The van der Waals surface area contributed by atoms with E-state index in [1.165, 1.54) is 11.1 Å². The smallest absolute Gasteiger partial charge is 0.407 e. The minimum absolute atomic E-state index is 0.157. The van der Waals surface area contributed by atoms with E-state index in [0.717, 1.165) is 13.0 Å². The topological polar surface area (TPSA) is 59.6 Å². The summed E-state index contributed by atoms with van der Waals surface area (Å²) in [6.45, 7) is 6.98. The highest BCUT2D eigenvalue weighted by Gasteiger charge is 2.38. The van der Waals surface area contributed by atoms with Crippen LogP contribution >= 0.6 is 0 Å². The summed E-state index contributed by atoms with van der Waals surface area (Å²) in [5.41, 5.74) is 1.96. The van der Waals surface area contributed by atoms with Crippen LogP contribution in [0, 0.1) is 0 Å². The molecule has 1 aliphatic rings. The van der Waals surface area contributed by atoms with E-state index < -0.39 is 5.60 Å². The number of amides is 1. The number of hydrogen-bond donors (Lipinski definition) is 2. The maximum Gasteiger partial charge on any atom is 0.407 e. The van der Waals surface area contributed by atoms with Crippen molar-refractivity contribution >= 4 is 6.09 Å². The number of ether oxygens (including phenoxy) is 2. The fourth-order valence-corrected chi connectivity index (χ4v) is 2.31. The molecule has 2 unspecified atom stereocenters. The number of rotatable bonds is 6. The first-order chi connectivity index (χ1) is 10.4. The van der Waals surface area contributed by atoms with Crippen LogP contribution in [0.1, 0.15) is 38.3 Å². The van der Waals surface area contributed by atoms with Gasteiger partial charge in [-0.3, -0.25) is 0 Å². The van der Waals surface area contributed by atoms with Crippen molar-refractivity contribution in [3.8, 4) is 0 Å². The van der Waals surface area contributed by atoms with Crippen LogP contribution in [-0.4, -0.2) is 30.9 Å². The van der Waals surface area contributed by atoms with Gasteiger partial charge in [0.2, 0.25) is 0 Å². The average molecular weight is 306 g/mol. The fourth-order valence-electron chi connectivity index (χ4n) is 2.31. The molecule has 1 aromatic rings. The molecule has 1 fully saturated rings. The molecule has 1 saturated carbocycles. The largest absolute Gasteiger partial charge is 0.444 e. The van der Waals surface area contributed by atoms with E-state index in [0.29, 0.717) is 12.6 Å². The second-order valence-corrected chi connectivity index (χ2v) is 6.68. The van der Waals surface area contributed by atoms with Crippen LogP contribution in [0.2, 0.25) is 0 Å². The van der Waals surface area contributed by atoms with Crippen LogP contribution in [0.25, 0.3) is 0 Å². The van der Waals surface area contributed by atoms with Gasteiger partial charge < -0.3 is 20.1 Å². The first-order valence-corrected chi connectivity index (χ1v) is 7.67. The van der Waals surface area contributed by atoms with Crippen molar-refractivity contribution in [3.63, 3.8) is 0 Å². The van der Waals surface area contributed by atoms with Crippen molar-refractivity contribution in [2.75, 3.05) is 7.11 Å². The normalized spacial score (nSPS) is 20.5. The summed E-state index contributed by atoms with van der Waals surface area (Å²) >= 11 is 0. The molecule has 2 atom stereocenters. The molecular formula is C17H26N2O3. The maximum absolute atomic E-state index is 11.7.